The van der Waals surface area contributed by atoms with Gasteiger partial charge in [-0.05, 0) is 37.3 Å². The molecule has 0 unspecified atom stereocenters. The zero-order chi connectivity index (χ0) is 9.26. The fraction of sp³-hybridized carbons (Fsp3) is 0.455. The Hall–Kier alpha value is -1.05. The first kappa shape index (κ1) is 8.54. The van der Waals surface area contributed by atoms with Crippen LogP contribution in [0.2, 0.25) is 0 Å². The molecule has 1 aliphatic carbocycles. The molecule has 1 fully saturated rings. The Kier molecular flexibility index (Phi) is 2.21. The van der Waals surface area contributed by atoms with Crippen LogP contribution in [0.3, 0.4) is 0 Å². The third kappa shape index (κ3) is 2.20. The summed E-state index contributed by atoms with van der Waals surface area (Å²) in [6.07, 6.45) is 2.52. The first-order valence-electron chi connectivity index (χ1n) is 4.64. The summed E-state index contributed by atoms with van der Waals surface area (Å²) in [6, 6.07) is 5.02. The van der Waals surface area contributed by atoms with Crippen molar-refractivity contribution in [3.8, 4) is 5.75 Å². The van der Waals surface area contributed by atoms with Crippen LogP contribution in [0, 0.1) is 18.7 Å². The number of halogens is 1. The molecule has 0 heterocycles. The molecule has 0 N–H and O–H groups in total. The quantitative estimate of drug-likeness (QED) is 0.695. The normalized spacial score (nSPS) is 15.8. The van der Waals surface area contributed by atoms with Gasteiger partial charge in [-0.15, -0.1) is 0 Å². The first-order valence-corrected chi connectivity index (χ1v) is 4.64. The Bertz CT molecular complexity index is 305. The van der Waals surface area contributed by atoms with E-state index in [1.807, 2.05) is 6.07 Å². The summed E-state index contributed by atoms with van der Waals surface area (Å²) in [5.41, 5.74) is 0.666. The van der Waals surface area contributed by atoms with Gasteiger partial charge < -0.3 is 4.74 Å². The van der Waals surface area contributed by atoms with Crippen LogP contribution in [0.15, 0.2) is 18.2 Å². The molecule has 1 nitrogen and oxygen atoms in total. The Morgan fingerprint density at radius 1 is 1.46 bits per heavy atom. The van der Waals surface area contributed by atoms with E-state index in [9.17, 15) is 4.39 Å². The van der Waals surface area contributed by atoms with Crippen molar-refractivity contribution in [2.45, 2.75) is 19.8 Å². The lowest BCUT2D eigenvalue weighted by Crippen LogP contribution is -1.99. The van der Waals surface area contributed by atoms with Crippen molar-refractivity contribution in [2.24, 2.45) is 5.92 Å². The van der Waals surface area contributed by atoms with E-state index in [4.69, 9.17) is 4.74 Å². The van der Waals surface area contributed by atoms with E-state index in [0.717, 1.165) is 6.61 Å². The monoisotopic (exact) mass is 180 g/mol. The van der Waals surface area contributed by atoms with Crippen molar-refractivity contribution in [3.05, 3.63) is 29.6 Å². The molecule has 0 atom stereocenters. The lowest BCUT2D eigenvalue weighted by atomic mass is 10.2. The molecule has 1 aliphatic rings. The summed E-state index contributed by atoms with van der Waals surface area (Å²) < 4.78 is 18.5. The van der Waals surface area contributed by atoms with Crippen molar-refractivity contribution in [2.75, 3.05) is 6.61 Å². The van der Waals surface area contributed by atoms with E-state index in [1.54, 1.807) is 13.0 Å². The summed E-state index contributed by atoms with van der Waals surface area (Å²) in [4.78, 5) is 0. The second-order valence-corrected chi connectivity index (χ2v) is 3.67. The van der Waals surface area contributed by atoms with Crippen LogP contribution in [0.1, 0.15) is 18.4 Å². The maximum absolute atomic E-state index is 13.0. The van der Waals surface area contributed by atoms with Crippen LogP contribution >= 0.6 is 0 Å². The van der Waals surface area contributed by atoms with Gasteiger partial charge in [-0.25, -0.2) is 4.39 Å². The fourth-order valence-corrected chi connectivity index (χ4v) is 1.16. The van der Waals surface area contributed by atoms with Crippen molar-refractivity contribution in [1.82, 2.24) is 0 Å². The van der Waals surface area contributed by atoms with E-state index >= 15 is 0 Å². The molecule has 1 aromatic carbocycles. The summed E-state index contributed by atoms with van der Waals surface area (Å²) in [6.45, 7) is 2.49. The molecule has 0 saturated heterocycles. The molecule has 0 radical (unpaired) electrons. The molecule has 13 heavy (non-hydrogen) atoms. The van der Waals surface area contributed by atoms with E-state index in [2.05, 4.69) is 0 Å². The highest BCUT2D eigenvalue weighted by atomic mass is 19.1. The molecular formula is C11H13FO. The Balaban J connectivity index is 1.98. The summed E-state index contributed by atoms with van der Waals surface area (Å²) >= 11 is 0. The van der Waals surface area contributed by atoms with Crippen molar-refractivity contribution < 1.29 is 9.13 Å². The van der Waals surface area contributed by atoms with Crippen LogP contribution in [0.4, 0.5) is 4.39 Å². The van der Waals surface area contributed by atoms with Crippen molar-refractivity contribution in [1.29, 1.82) is 0 Å². The van der Waals surface area contributed by atoms with Gasteiger partial charge >= 0.3 is 0 Å². The highest BCUT2D eigenvalue weighted by Crippen LogP contribution is 2.29. The van der Waals surface area contributed by atoms with Gasteiger partial charge in [-0.1, -0.05) is 6.07 Å². The minimum absolute atomic E-state index is 0.187. The van der Waals surface area contributed by atoms with Gasteiger partial charge in [0.15, 0.2) is 0 Å². The number of hydrogen-bond donors (Lipinski definition) is 0. The molecule has 0 aromatic heterocycles. The third-order valence-electron chi connectivity index (χ3n) is 2.33. The SMILES string of the molecule is Cc1ccc(OCC2CC2)cc1F. The van der Waals surface area contributed by atoms with Gasteiger partial charge in [0.25, 0.3) is 0 Å². The zero-order valence-electron chi connectivity index (χ0n) is 7.72. The third-order valence-corrected chi connectivity index (χ3v) is 2.33. The summed E-state index contributed by atoms with van der Waals surface area (Å²) in [5.74, 6) is 1.17. The maximum Gasteiger partial charge on any atom is 0.129 e. The van der Waals surface area contributed by atoms with Crippen LogP contribution in [-0.2, 0) is 0 Å². The fourth-order valence-electron chi connectivity index (χ4n) is 1.16. The predicted molar refractivity (Wildman–Crippen MR) is 49.4 cm³/mol. The summed E-state index contributed by atoms with van der Waals surface area (Å²) in [7, 11) is 0. The maximum atomic E-state index is 13.0. The molecule has 2 heteroatoms. The van der Waals surface area contributed by atoms with Crippen LogP contribution in [-0.4, -0.2) is 6.61 Å². The highest BCUT2D eigenvalue weighted by molar-refractivity contribution is 5.27. The lowest BCUT2D eigenvalue weighted by molar-refractivity contribution is 0.298. The van der Waals surface area contributed by atoms with E-state index in [1.165, 1.54) is 18.9 Å². The Labute approximate surface area is 77.5 Å². The molecule has 70 valence electrons. The van der Waals surface area contributed by atoms with Crippen LogP contribution in [0.5, 0.6) is 5.75 Å². The van der Waals surface area contributed by atoms with E-state index < -0.39 is 0 Å². The number of aryl methyl sites for hydroxylation is 1. The molecule has 0 aliphatic heterocycles. The minimum Gasteiger partial charge on any atom is -0.493 e. The second-order valence-electron chi connectivity index (χ2n) is 3.67. The van der Waals surface area contributed by atoms with Gasteiger partial charge in [0, 0.05) is 6.07 Å². The average molecular weight is 180 g/mol. The van der Waals surface area contributed by atoms with Crippen molar-refractivity contribution >= 4 is 0 Å². The highest BCUT2D eigenvalue weighted by Gasteiger charge is 2.21. The predicted octanol–water partition coefficient (Wildman–Crippen LogP) is 2.92. The lowest BCUT2D eigenvalue weighted by Gasteiger charge is -2.05. The van der Waals surface area contributed by atoms with Gasteiger partial charge in [-0.3, -0.25) is 0 Å². The number of ether oxygens (including phenoxy) is 1. The smallest absolute Gasteiger partial charge is 0.129 e. The largest absolute Gasteiger partial charge is 0.493 e. The molecule has 0 bridgehead atoms. The average Bonchev–Trinajstić information content (AvgIpc) is 2.91. The molecule has 1 saturated carbocycles. The molecule has 2 rings (SSSR count). The van der Waals surface area contributed by atoms with E-state index in [0.29, 0.717) is 17.2 Å². The number of benzene rings is 1. The number of hydrogen-bond acceptors (Lipinski definition) is 1. The van der Waals surface area contributed by atoms with Gasteiger partial charge in [0.05, 0.1) is 6.61 Å². The van der Waals surface area contributed by atoms with Gasteiger partial charge in [0.1, 0.15) is 11.6 Å². The number of rotatable bonds is 3. The zero-order valence-corrected chi connectivity index (χ0v) is 7.72. The molecule has 1 aromatic rings. The van der Waals surface area contributed by atoms with Crippen LogP contribution < -0.4 is 4.74 Å². The second kappa shape index (κ2) is 3.36. The topological polar surface area (TPSA) is 9.23 Å². The van der Waals surface area contributed by atoms with Gasteiger partial charge in [0.2, 0.25) is 0 Å². The molecule has 0 spiro atoms. The molecular weight excluding hydrogens is 167 g/mol. The molecule has 0 amide bonds. The van der Waals surface area contributed by atoms with Crippen molar-refractivity contribution in [3.63, 3.8) is 0 Å². The Morgan fingerprint density at radius 2 is 2.23 bits per heavy atom. The minimum atomic E-state index is -0.187. The van der Waals surface area contributed by atoms with Crippen LogP contribution in [0.25, 0.3) is 0 Å². The Morgan fingerprint density at radius 3 is 2.85 bits per heavy atom. The first-order chi connectivity index (χ1) is 6.25. The summed E-state index contributed by atoms with van der Waals surface area (Å²) in [5, 5.41) is 0. The van der Waals surface area contributed by atoms with Gasteiger partial charge in [-0.2, -0.15) is 0 Å². The van der Waals surface area contributed by atoms with E-state index in [-0.39, 0.29) is 5.82 Å². The standard InChI is InChI=1S/C11H13FO/c1-8-2-5-10(6-11(8)12)13-7-9-3-4-9/h2,5-6,9H,3-4,7H2,1H3.